The molecule has 0 spiro atoms. The van der Waals surface area contributed by atoms with Gasteiger partial charge < -0.3 is 4.98 Å². The first-order valence-corrected chi connectivity index (χ1v) is 8.15. The monoisotopic (exact) mass is 316 g/mol. The third kappa shape index (κ3) is 3.60. The molecule has 1 aromatic carbocycles. The largest absolute Gasteiger partial charge is 0.329 e. The van der Waals surface area contributed by atoms with Crippen molar-refractivity contribution in [2.45, 2.75) is 32.2 Å². The number of nitrogens with zero attached hydrogens (tertiary/aromatic N) is 1. The van der Waals surface area contributed by atoms with Crippen LogP contribution in [0, 0.1) is 6.92 Å². The fourth-order valence-electron chi connectivity index (χ4n) is 3.13. The van der Waals surface area contributed by atoms with Gasteiger partial charge in [-0.05, 0) is 67.6 Å². The minimum absolute atomic E-state index is 0.00535. The van der Waals surface area contributed by atoms with E-state index in [0.717, 1.165) is 43.1 Å². The summed E-state index contributed by atoms with van der Waals surface area (Å²) in [6.45, 7) is 5.09. The van der Waals surface area contributed by atoms with Gasteiger partial charge in [0, 0.05) is 23.8 Å². The smallest absolute Gasteiger partial charge is 0.248 e. The molecule has 0 amide bonds. The number of piperidine rings is 1. The second-order valence-electron chi connectivity index (χ2n) is 6.12. The van der Waals surface area contributed by atoms with Crippen molar-refractivity contribution in [2.75, 3.05) is 13.1 Å². The second kappa shape index (κ2) is 6.67. The summed E-state index contributed by atoms with van der Waals surface area (Å²) >= 11 is 6.20. The Labute approximate surface area is 135 Å². The fraction of sp³-hybridized carbons (Fsp3) is 0.389. The van der Waals surface area contributed by atoms with Crippen molar-refractivity contribution in [3.05, 3.63) is 68.6 Å². The highest BCUT2D eigenvalue weighted by molar-refractivity contribution is 6.31. The van der Waals surface area contributed by atoms with E-state index >= 15 is 0 Å². The number of aromatic nitrogens is 1. The molecule has 1 N–H and O–H groups in total. The Bertz CT molecular complexity index is 702. The molecule has 0 bridgehead atoms. The summed E-state index contributed by atoms with van der Waals surface area (Å²) in [7, 11) is 0. The standard InChI is InChI=1S/C18H21ClN2O/c1-13-2-3-14(10-17(13)19)12-21-8-5-15(6-9-21)16-4-7-20-18(22)11-16/h2-4,7,10-11,15H,5-6,8-9,12H2,1H3,(H,20,22). The van der Waals surface area contributed by atoms with Gasteiger partial charge in [-0.2, -0.15) is 0 Å². The molecular weight excluding hydrogens is 296 g/mol. The first kappa shape index (κ1) is 15.3. The lowest BCUT2D eigenvalue weighted by Crippen LogP contribution is -2.32. The van der Waals surface area contributed by atoms with Crippen molar-refractivity contribution in [1.82, 2.24) is 9.88 Å². The van der Waals surface area contributed by atoms with Crippen molar-refractivity contribution >= 4 is 11.6 Å². The third-order valence-corrected chi connectivity index (χ3v) is 4.91. The zero-order chi connectivity index (χ0) is 15.5. The molecule has 1 saturated heterocycles. The Hall–Kier alpha value is -1.58. The van der Waals surface area contributed by atoms with E-state index in [1.54, 1.807) is 12.3 Å². The van der Waals surface area contributed by atoms with Gasteiger partial charge in [-0.25, -0.2) is 0 Å². The SMILES string of the molecule is Cc1ccc(CN2CCC(c3cc[nH]c(=O)c3)CC2)cc1Cl. The number of H-pyrrole nitrogens is 1. The van der Waals surface area contributed by atoms with Gasteiger partial charge in [0.25, 0.3) is 0 Å². The number of hydrogen-bond acceptors (Lipinski definition) is 2. The van der Waals surface area contributed by atoms with E-state index < -0.39 is 0 Å². The highest BCUT2D eigenvalue weighted by Gasteiger charge is 2.20. The lowest BCUT2D eigenvalue weighted by Gasteiger charge is -2.32. The Morgan fingerprint density at radius 2 is 2.00 bits per heavy atom. The average molecular weight is 317 g/mol. The molecule has 1 aromatic heterocycles. The number of benzene rings is 1. The Morgan fingerprint density at radius 1 is 1.23 bits per heavy atom. The van der Waals surface area contributed by atoms with Gasteiger partial charge in [0.05, 0.1) is 0 Å². The van der Waals surface area contributed by atoms with Gasteiger partial charge in [-0.1, -0.05) is 23.7 Å². The van der Waals surface area contributed by atoms with Crippen molar-refractivity contribution in [3.63, 3.8) is 0 Å². The van der Waals surface area contributed by atoms with Crippen LogP contribution in [0.5, 0.6) is 0 Å². The average Bonchev–Trinajstić information content (AvgIpc) is 2.52. The molecule has 22 heavy (non-hydrogen) atoms. The molecule has 0 unspecified atom stereocenters. The van der Waals surface area contributed by atoms with Crippen molar-refractivity contribution in [3.8, 4) is 0 Å². The summed E-state index contributed by atoms with van der Waals surface area (Å²) < 4.78 is 0. The molecule has 1 fully saturated rings. The number of rotatable bonds is 3. The van der Waals surface area contributed by atoms with E-state index in [-0.39, 0.29) is 5.56 Å². The molecule has 0 radical (unpaired) electrons. The Kier molecular flexibility index (Phi) is 4.65. The summed E-state index contributed by atoms with van der Waals surface area (Å²) in [5.41, 5.74) is 3.56. The van der Waals surface area contributed by atoms with Gasteiger partial charge in [-0.15, -0.1) is 0 Å². The number of halogens is 1. The van der Waals surface area contributed by atoms with Gasteiger partial charge in [0.2, 0.25) is 5.56 Å². The summed E-state index contributed by atoms with van der Waals surface area (Å²) in [5, 5.41) is 0.843. The third-order valence-electron chi connectivity index (χ3n) is 4.50. The predicted octanol–water partition coefficient (Wildman–Crippen LogP) is 3.72. The predicted molar refractivity (Wildman–Crippen MR) is 90.5 cm³/mol. The van der Waals surface area contributed by atoms with E-state index in [2.05, 4.69) is 28.1 Å². The Morgan fingerprint density at radius 3 is 2.68 bits per heavy atom. The first-order chi connectivity index (χ1) is 10.6. The van der Waals surface area contributed by atoms with Crippen LogP contribution in [-0.2, 0) is 6.54 Å². The van der Waals surface area contributed by atoms with Crippen LogP contribution in [0.3, 0.4) is 0 Å². The van der Waals surface area contributed by atoms with Crippen molar-refractivity contribution < 1.29 is 0 Å². The molecule has 3 rings (SSSR count). The molecule has 2 aromatic rings. The summed E-state index contributed by atoms with van der Waals surface area (Å²) in [5.74, 6) is 0.500. The summed E-state index contributed by atoms with van der Waals surface area (Å²) in [4.78, 5) is 16.6. The van der Waals surface area contributed by atoms with Crippen LogP contribution in [-0.4, -0.2) is 23.0 Å². The van der Waals surface area contributed by atoms with E-state index in [1.807, 2.05) is 13.0 Å². The molecule has 3 nitrogen and oxygen atoms in total. The Balaban J connectivity index is 1.59. The number of aryl methyl sites for hydroxylation is 1. The molecule has 1 aliphatic rings. The normalized spacial score (nSPS) is 16.8. The number of likely N-dealkylation sites (tertiary alicyclic amines) is 1. The lowest BCUT2D eigenvalue weighted by atomic mass is 9.90. The topological polar surface area (TPSA) is 36.1 Å². The molecule has 1 aliphatic heterocycles. The van der Waals surface area contributed by atoms with Crippen LogP contribution in [0.15, 0.2) is 41.3 Å². The summed E-state index contributed by atoms with van der Waals surface area (Å²) in [6, 6.07) is 10.1. The lowest BCUT2D eigenvalue weighted by molar-refractivity contribution is 0.204. The van der Waals surface area contributed by atoms with E-state index in [0.29, 0.717) is 5.92 Å². The second-order valence-corrected chi connectivity index (χ2v) is 6.53. The molecular formula is C18H21ClN2O. The van der Waals surface area contributed by atoms with Crippen LogP contribution in [0.2, 0.25) is 5.02 Å². The van der Waals surface area contributed by atoms with E-state index in [9.17, 15) is 4.79 Å². The highest BCUT2D eigenvalue weighted by atomic mass is 35.5. The first-order valence-electron chi connectivity index (χ1n) is 7.78. The quantitative estimate of drug-likeness (QED) is 0.937. The van der Waals surface area contributed by atoms with Gasteiger partial charge in [0.15, 0.2) is 0 Å². The van der Waals surface area contributed by atoms with Crippen LogP contribution < -0.4 is 5.56 Å². The van der Waals surface area contributed by atoms with Crippen LogP contribution in [0.4, 0.5) is 0 Å². The fourth-order valence-corrected chi connectivity index (χ4v) is 3.34. The molecule has 0 aliphatic carbocycles. The minimum atomic E-state index is -0.00535. The van der Waals surface area contributed by atoms with Crippen LogP contribution in [0.1, 0.15) is 35.4 Å². The molecule has 0 atom stereocenters. The minimum Gasteiger partial charge on any atom is -0.329 e. The molecule has 2 heterocycles. The van der Waals surface area contributed by atoms with Crippen LogP contribution in [0.25, 0.3) is 0 Å². The number of hydrogen-bond donors (Lipinski definition) is 1. The molecule has 116 valence electrons. The highest BCUT2D eigenvalue weighted by Crippen LogP contribution is 2.28. The zero-order valence-corrected chi connectivity index (χ0v) is 13.6. The maximum atomic E-state index is 11.4. The van der Waals surface area contributed by atoms with Crippen molar-refractivity contribution in [1.29, 1.82) is 0 Å². The van der Waals surface area contributed by atoms with Gasteiger partial charge in [-0.3, -0.25) is 9.69 Å². The maximum absolute atomic E-state index is 11.4. The maximum Gasteiger partial charge on any atom is 0.248 e. The van der Waals surface area contributed by atoms with E-state index in [4.69, 9.17) is 11.6 Å². The van der Waals surface area contributed by atoms with Crippen LogP contribution >= 0.6 is 11.6 Å². The van der Waals surface area contributed by atoms with E-state index in [1.165, 1.54) is 11.1 Å². The van der Waals surface area contributed by atoms with Crippen molar-refractivity contribution in [2.24, 2.45) is 0 Å². The number of aromatic amines is 1. The zero-order valence-electron chi connectivity index (χ0n) is 12.8. The molecule has 4 heteroatoms. The molecule has 0 saturated carbocycles. The summed E-state index contributed by atoms with van der Waals surface area (Å²) in [6.07, 6.45) is 3.95. The van der Waals surface area contributed by atoms with Gasteiger partial charge in [0.1, 0.15) is 0 Å². The number of nitrogens with one attached hydrogen (secondary N) is 1. The number of pyridine rings is 1. The van der Waals surface area contributed by atoms with Gasteiger partial charge >= 0.3 is 0 Å².